The summed E-state index contributed by atoms with van der Waals surface area (Å²) in [6, 6.07) is 8.43. The Morgan fingerprint density at radius 2 is 1.73 bits per heavy atom. The van der Waals surface area contributed by atoms with Crippen molar-refractivity contribution in [2.45, 2.75) is 66.4 Å². The first-order valence-corrected chi connectivity index (χ1v) is 9.24. The van der Waals surface area contributed by atoms with Gasteiger partial charge >= 0.3 is 0 Å². The van der Waals surface area contributed by atoms with Crippen molar-refractivity contribution in [1.82, 2.24) is 10.6 Å². The van der Waals surface area contributed by atoms with Crippen molar-refractivity contribution in [3.63, 3.8) is 0 Å². The average Bonchev–Trinajstić information content (AvgIpc) is 2.55. The van der Waals surface area contributed by atoms with Crippen LogP contribution in [-0.2, 0) is 22.6 Å². The van der Waals surface area contributed by atoms with Crippen LogP contribution in [0.5, 0.6) is 0 Å². The molecular weight excluding hydrogens is 326 g/mol. The van der Waals surface area contributed by atoms with E-state index in [2.05, 4.69) is 81.4 Å². The lowest BCUT2D eigenvalue weighted by molar-refractivity contribution is -0.0149. The maximum Gasteiger partial charge on any atom is 0.191 e. The summed E-state index contributed by atoms with van der Waals surface area (Å²) in [6.07, 6.45) is 0.110. The molecule has 0 heterocycles. The predicted octanol–water partition coefficient (Wildman–Crippen LogP) is 3.73. The van der Waals surface area contributed by atoms with Crippen molar-refractivity contribution in [2.24, 2.45) is 10.4 Å². The van der Waals surface area contributed by atoms with E-state index in [1.54, 1.807) is 14.2 Å². The summed E-state index contributed by atoms with van der Waals surface area (Å²) in [6.45, 7) is 14.7. The monoisotopic (exact) mass is 363 g/mol. The van der Waals surface area contributed by atoms with E-state index in [4.69, 9.17) is 9.47 Å². The fourth-order valence-electron chi connectivity index (χ4n) is 2.47. The fourth-order valence-corrected chi connectivity index (χ4v) is 2.47. The number of nitrogens with zero attached hydrogens (tertiary/aromatic N) is 1. The molecular formula is C21H37N3O2. The van der Waals surface area contributed by atoms with E-state index in [0.29, 0.717) is 19.7 Å². The van der Waals surface area contributed by atoms with E-state index in [1.807, 2.05) is 0 Å². The third-order valence-electron chi connectivity index (χ3n) is 4.05. The van der Waals surface area contributed by atoms with Gasteiger partial charge in [0.05, 0.1) is 18.3 Å². The standard InChI is InChI=1S/C21H37N3O2/c1-20(2,3)18(25-8)14-24-19(22-7)23-13-16-10-9-11-17(12-16)15-26-21(4,5)6/h9-12,18H,13-15H2,1-8H3,(H2,22,23,24). The third kappa shape index (κ3) is 8.68. The van der Waals surface area contributed by atoms with E-state index >= 15 is 0 Å². The molecule has 0 fully saturated rings. The number of hydrogen-bond acceptors (Lipinski definition) is 3. The van der Waals surface area contributed by atoms with Gasteiger partial charge in [0.2, 0.25) is 0 Å². The minimum absolute atomic E-state index is 0.0714. The highest BCUT2D eigenvalue weighted by Crippen LogP contribution is 2.20. The maximum absolute atomic E-state index is 5.86. The highest BCUT2D eigenvalue weighted by Gasteiger charge is 2.24. The van der Waals surface area contributed by atoms with Gasteiger partial charge in [-0.25, -0.2) is 0 Å². The van der Waals surface area contributed by atoms with Gasteiger partial charge < -0.3 is 20.1 Å². The van der Waals surface area contributed by atoms with Gasteiger partial charge in [0.1, 0.15) is 0 Å². The second-order valence-corrected chi connectivity index (χ2v) is 8.62. The van der Waals surface area contributed by atoms with Crippen LogP contribution in [0.4, 0.5) is 0 Å². The number of rotatable bonds is 7. The summed E-state index contributed by atoms with van der Waals surface area (Å²) in [7, 11) is 3.53. The van der Waals surface area contributed by atoms with Gasteiger partial charge in [-0.1, -0.05) is 45.0 Å². The minimum atomic E-state index is -0.134. The Labute approximate surface area is 159 Å². The lowest BCUT2D eigenvalue weighted by Crippen LogP contribution is -2.45. The van der Waals surface area contributed by atoms with E-state index in [9.17, 15) is 0 Å². The molecule has 0 saturated heterocycles. The van der Waals surface area contributed by atoms with Gasteiger partial charge in [-0.3, -0.25) is 4.99 Å². The molecule has 5 nitrogen and oxygen atoms in total. The van der Waals surface area contributed by atoms with Crippen LogP contribution in [0.15, 0.2) is 29.3 Å². The zero-order valence-electron chi connectivity index (χ0n) is 17.8. The van der Waals surface area contributed by atoms with Gasteiger partial charge in [0.15, 0.2) is 5.96 Å². The first-order chi connectivity index (χ1) is 12.0. The molecule has 1 unspecified atom stereocenters. The van der Waals surface area contributed by atoms with Gasteiger partial charge in [-0.2, -0.15) is 0 Å². The van der Waals surface area contributed by atoms with Crippen molar-refractivity contribution in [1.29, 1.82) is 0 Å². The second kappa shape index (κ2) is 9.93. The summed E-state index contributed by atoms with van der Waals surface area (Å²) in [5.74, 6) is 0.771. The highest BCUT2D eigenvalue weighted by molar-refractivity contribution is 5.79. The average molecular weight is 364 g/mol. The van der Waals surface area contributed by atoms with Crippen molar-refractivity contribution >= 4 is 5.96 Å². The highest BCUT2D eigenvalue weighted by atomic mass is 16.5. The number of ether oxygens (including phenoxy) is 2. The van der Waals surface area contributed by atoms with Crippen LogP contribution < -0.4 is 10.6 Å². The molecule has 5 heteroatoms. The molecule has 1 atom stereocenters. The van der Waals surface area contributed by atoms with E-state index < -0.39 is 0 Å². The Morgan fingerprint density at radius 1 is 1.08 bits per heavy atom. The largest absolute Gasteiger partial charge is 0.379 e. The minimum Gasteiger partial charge on any atom is -0.379 e. The molecule has 1 aromatic carbocycles. The van der Waals surface area contributed by atoms with Crippen molar-refractivity contribution < 1.29 is 9.47 Å². The van der Waals surface area contributed by atoms with Crippen LogP contribution in [0.1, 0.15) is 52.7 Å². The van der Waals surface area contributed by atoms with Crippen molar-refractivity contribution in [3.05, 3.63) is 35.4 Å². The topological polar surface area (TPSA) is 54.9 Å². The Balaban J connectivity index is 2.56. The molecule has 26 heavy (non-hydrogen) atoms. The number of guanidine groups is 1. The molecule has 0 aliphatic heterocycles. The molecule has 0 radical (unpaired) electrons. The predicted molar refractivity (Wildman–Crippen MR) is 109 cm³/mol. The van der Waals surface area contributed by atoms with Crippen LogP contribution in [0.25, 0.3) is 0 Å². The number of methoxy groups -OCH3 is 1. The molecule has 0 aromatic heterocycles. The van der Waals surface area contributed by atoms with Crippen molar-refractivity contribution in [3.8, 4) is 0 Å². The van der Waals surface area contributed by atoms with Crippen molar-refractivity contribution in [2.75, 3.05) is 20.7 Å². The summed E-state index contributed by atoms with van der Waals surface area (Å²) in [5, 5.41) is 6.70. The smallest absolute Gasteiger partial charge is 0.191 e. The number of hydrogen-bond donors (Lipinski definition) is 2. The first kappa shape index (κ1) is 22.5. The van der Waals surface area contributed by atoms with Crippen LogP contribution in [0.2, 0.25) is 0 Å². The van der Waals surface area contributed by atoms with Crippen LogP contribution >= 0.6 is 0 Å². The Bertz CT molecular complexity index is 571. The van der Waals surface area contributed by atoms with Gasteiger partial charge in [-0.15, -0.1) is 0 Å². The first-order valence-electron chi connectivity index (χ1n) is 9.24. The third-order valence-corrected chi connectivity index (χ3v) is 4.05. The molecule has 0 saturated carbocycles. The Kier molecular flexibility index (Phi) is 8.57. The van der Waals surface area contributed by atoms with Crippen LogP contribution in [-0.4, -0.2) is 38.4 Å². The zero-order chi connectivity index (χ0) is 19.8. The Morgan fingerprint density at radius 3 is 2.27 bits per heavy atom. The Hall–Kier alpha value is -1.59. The number of aliphatic imine (C=N–C) groups is 1. The molecule has 148 valence electrons. The van der Waals surface area contributed by atoms with Gasteiger partial charge in [0, 0.05) is 27.2 Å². The maximum atomic E-state index is 5.86. The van der Waals surface area contributed by atoms with Crippen LogP contribution in [0, 0.1) is 5.41 Å². The normalized spacial score (nSPS) is 14.2. The zero-order valence-corrected chi connectivity index (χ0v) is 17.8. The summed E-state index contributed by atoms with van der Waals surface area (Å²) >= 11 is 0. The molecule has 0 aliphatic carbocycles. The number of benzene rings is 1. The van der Waals surface area contributed by atoms with E-state index in [0.717, 1.165) is 5.96 Å². The quantitative estimate of drug-likeness (QED) is 0.572. The molecule has 0 spiro atoms. The van der Waals surface area contributed by atoms with Crippen LogP contribution in [0.3, 0.4) is 0 Å². The SMILES string of the molecule is CN=C(NCc1cccc(COC(C)(C)C)c1)NCC(OC)C(C)(C)C. The van der Waals surface area contributed by atoms with E-state index in [-0.39, 0.29) is 17.1 Å². The molecule has 0 amide bonds. The molecule has 1 rings (SSSR count). The lowest BCUT2D eigenvalue weighted by Gasteiger charge is -2.30. The number of nitrogens with one attached hydrogen (secondary N) is 2. The molecule has 0 aliphatic rings. The lowest BCUT2D eigenvalue weighted by atomic mass is 9.89. The fraction of sp³-hybridized carbons (Fsp3) is 0.667. The van der Waals surface area contributed by atoms with Gasteiger partial charge in [0.25, 0.3) is 0 Å². The second-order valence-electron chi connectivity index (χ2n) is 8.62. The summed E-state index contributed by atoms with van der Waals surface area (Å²) in [4.78, 5) is 4.30. The molecule has 1 aromatic rings. The summed E-state index contributed by atoms with van der Waals surface area (Å²) in [5.41, 5.74) is 2.31. The molecule has 2 N–H and O–H groups in total. The molecule has 0 bridgehead atoms. The van der Waals surface area contributed by atoms with Gasteiger partial charge in [-0.05, 0) is 37.3 Å². The summed E-state index contributed by atoms with van der Waals surface area (Å²) < 4.78 is 11.4. The van der Waals surface area contributed by atoms with E-state index in [1.165, 1.54) is 11.1 Å².